The maximum atomic E-state index is 0. The van der Waals surface area contributed by atoms with Crippen molar-refractivity contribution in [1.82, 2.24) is 0 Å². The molecule has 201 valence electrons. The first-order valence-electron chi connectivity index (χ1n) is 0. The van der Waals surface area contributed by atoms with Gasteiger partial charge in [-0.3, -0.25) is 0 Å². The van der Waals surface area contributed by atoms with Gasteiger partial charge in [0.2, 0.25) is 0 Å². The van der Waals surface area contributed by atoms with Crippen LogP contribution in [0.5, 0.6) is 0 Å². The Bertz CT molecular complexity index is 17.4. The second-order valence-electron chi connectivity index (χ2n) is 0. The van der Waals surface area contributed by atoms with Crippen LogP contribution in [0.25, 0.3) is 0 Å². The summed E-state index contributed by atoms with van der Waals surface area (Å²) in [6, 6.07) is 0. The van der Waals surface area contributed by atoms with Gasteiger partial charge in [0.1, 0.15) is 0 Å². The molecule has 0 unspecified atom stereocenters. The topological polar surface area (TPSA) is 0 Å². The van der Waals surface area contributed by atoms with Crippen molar-refractivity contribution in [1.29, 1.82) is 0 Å². The molecule has 0 bridgehead atoms. The molecular weight excluding hydrogens is 5370 g/mol. The van der Waals surface area contributed by atoms with E-state index < -0.39 is 0 Å². The molecule has 0 aromatic carbocycles. The van der Waals surface area contributed by atoms with Crippen LogP contribution in [0.1, 0.15) is 0 Å². The molecule has 0 nitrogen and oxygen atoms in total. The molecular formula is C3H9Y60. The molecule has 0 aromatic heterocycles. The summed E-state index contributed by atoms with van der Waals surface area (Å²) in [5.74, 6) is 0. The van der Waals surface area contributed by atoms with Crippen LogP contribution in [0.2, 0.25) is 0 Å². The molecule has 0 N–H and O–H groups in total. The molecule has 0 aromatic rings. The minimum Gasteiger partial charge on any atom is -0.358 e. The van der Waals surface area contributed by atoms with Gasteiger partial charge >= 0.3 is 32.7 Å². The predicted octanol–water partition coefficient (Wildman–Crippen LogP) is 1.20. The molecule has 0 saturated heterocycles. The van der Waals surface area contributed by atoms with E-state index in [0.717, 1.165) is 0 Å². The Hall–Kier alpha value is 66.2. The third kappa shape index (κ3) is 466. The van der Waals surface area contributed by atoms with Gasteiger partial charge in [-0.05, 0) is 0 Å². The van der Waals surface area contributed by atoms with E-state index in [4.69, 9.17) is 0 Å². The van der Waals surface area contributed by atoms with Gasteiger partial charge in [-0.15, -0.1) is 0 Å². The summed E-state index contributed by atoms with van der Waals surface area (Å²) in [7, 11) is 0. The van der Waals surface area contributed by atoms with E-state index in [1.807, 2.05) is 0 Å². The van der Waals surface area contributed by atoms with Crippen LogP contribution in [0.3, 0.4) is 0 Å². The van der Waals surface area contributed by atoms with Crippen LogP contribution in [0.15, 0.2) is 0 Å². The quantitative estimate of drug-likeness (QED) is 0.321. The van der Waals surface area contributed by atoms with Gasteiger partial charge in [0, 0.05) is 1930 Å². The molecule has 0 aliphatic carbocycles. The Morgan fingerprint density at radius 2 is 0.0476 bits per heavy atom. The normalized spacial score (nSPS) is 0. The van der Waals surface area contributed by atoms with E-state index in [9.17, 15) is 0 Å². The molecule has 0 rings (SSSR count). The summed E-state index contributed by atoms with van der Waals surface area (Å²) < 4.78 is 0. The van der Waals surface area contributed by atoms with Crippen molar-refractivity contribution >= 4 is 0 Å². The maximum Gasteiger partial charge on any atom is 3.00 e. The molecule has 60 heteroatoms. The zero-order valence-corrected chi connectivity index (χ0v) is 208. The van der Waals surface area contributed by atoms with Crippen LogP contribution < -0.4 is 0 Å². The molecule has 0 spiro atoms. The third-order valence-corrected chi connectivity index (χ3v) is 0. The fourth-order valence-electron chi connectivity index (χ4n) is 0. The molecule has 0 amide bonds. The average molecular weight is 5380 g/mol. The summed E-state index contributed by atoms with van der Waals surface area (Å²) in [6.07, 6.45) is 0. The Balaban J connectivity index is 0. The van der Waals surface area contributed by atoms with Gasteiger partial charge in [0.25, 0.3) is 0 Å². The van der Waals surface area contributed by atoms with Crippen LogP contribution >= 0.6 is 0 Å². The largest absolute Gasteiger partial charge is 3.00 e. The zero-order valence-electron chi connectivity index (χ0n) is 37.6. The summed E-state index contributed by atoms with van der Waals surface area (Å²) in [6.45, 7) is 0. The molecule has 59 radical (unpaired) electrons. The Kier molecular flexibility index (Phi) is 3640. The molecule has 0 heterocycles. The van der Waals surface area contributed by atoms with Crippen molar-refractivity contribution in [3.63, 3.8) is 0 Å². The van der Waals surface area contributed by atoms with E-state index in [1.165, 1.54) is 0 Å². The number of hydrogen-bond donors (Lipinski definition) is 0. The second-order valence-corrected chi connectivity index (χ2v) is 0. The number of rotatable bonds is 0. The van der Waals surface area contributed by atoms with E-state index in [2.05, 4.69) is 0 Å². The van der Waals surface area contributed by atoms with Crippen molar-refractivity contribution < 1.29 is 1960 Å². The Morgan fingerprint density at radius 1 is 0.0476 bits per heavy atom. The minimum absolute atomic E-state index is 0. The van der Waals surface area contributed by atoms with Gasteiger partial charge < -0.3 is 22.3 Å². The molecule has 0 aliphatic heterocycles. The monoisotopic (exact) mass is 5380 g/mol. The third-order valence-electron chi connectivity index (χ3n) is 0. The van der Waals surface area contributed by atoms with Crippen LogP contribution in [0, 0.1) is 22.3 Å². The summed E-state index contributed by atoms with van der Waals surface area (Å²) in [5.41, 5.74) is 0. The van der Waals surface area contributed by atoms with Crippen LogP contribution in [-0.4, -0.2) is 0 Å². The van der Waals surface area contributed by atoms with Crippen molar-refractivity contribution in [2.45, 2.75) is 0 Å². The summed E-state index contributed by atoms with van der Waals surface area (Å²) in [4.78, 5) is 0. The first-order valence-corrected chi connectivity index (χ1v) is 0. The number of hydrogen-bond acceptors (Lipinski definition) is 0. The standard InChI is InChI=1S/3CH3.60Y/h3*1H3;;;;;;;;;;;;;;;;;;;;;;;;;;;;;;;;;;;;;;;;;;;;;;;;;;;;;;;;;;;;/q3*-1;;;;;;;;;;;;;;;;;;;;;;;;;;;;;;;;;;;;;;;;;;;;;;;;;;;;;;;;;;;;+3. The van der Waals surface area contributed by atoms with Crippen molar-refractivity contribution in [2.24, 2.45) is 0 Å². The fraction of sp³-hybridized carbons (Fsp3) is 0. The van der Waals surface area contributed by atoms with Crippen molar-refractivity contribution in [2.75, 3.05) is 0 Å². The van der Waals surface area contributed by atoms with Gasteiger partial charge in [0.15, 0.2) is 0 Å². The zero-order chi connectivity index (χ0) is 0. The van der Waals surface area contributed by atoms with Crippen molar-refractivity contribution in [3.05, 3.63) is 22.3 Å². The Morgan fingerprint density at radius 3 is 0.0476 bits per heavy atom. The van der Waals surface area contributed by atoms with E-state index in [1.54, 1.807) is 0 Å². The summed E-state index contributed by atoms with van der Waals surface area (Å²) in [5, 5.41) is 0. The average Bonchev–Trinajstić information content (AvgIpc) is 0. The smallest absolute Gasteiger partial charge is 0.358 e. The second kappa shape index (κ2) is 473. The van der Waals surface area contributed by atoms with E-state index >= 15 is 0 Å². The van der Waals surface area contributed by atoms with Gasteiger partial charge in [-0.1, -0.05) is 0 Å². The molecule has 63 heavy (non-hydrogen) atoms. The molecule has 0 fully saturated rings. The van der Waals surface area contributed by atoms with Gasteiger partial charge in [0.05, 0.1) is 0 Å². The SMILES string of the molecule is [CH3-].[CH3-].[CH3-].[Y+3].[Y].[Y].[Y].[Y].[Y].[Y].[Y].[Y].[Y].[Y].[Y].[Y].[Y].[Y].[Y].[Y].[Y].[Y].[Y].[Y].[Y].[Y].[Y].[Y].[Y].[Y].[Y].[Y].[Y].[Y].[Y].[Y].[Y].[Y].[Y].[Y].[Y].[Y].[Y].[Y].[Y].[Y].[Y].[Y].[Y].[Y].[Y].[Y].[Y].[Y].[Y].[Y].[Y].[Y].[Y].[Y].[Y].[Y].[Y]. The molecule has 0 atom stereocenters. The Labute approximate surface area is 1910 Å². The first-order chi connectivity index (χ1) is 0. The van der Waals surface area contributed by atoms with Crippen LogP contribution in [-0.2, 0) is 1960 Å². The van der Waals surface area contributed by atoms with Crippen LogP contribution in [0.4, 0.5) is 0 Å². The van der Waals surface area contributed by atoms with E-state index in [-0.39, 0.29) is 1980 Å². The van der Waals surface area contributed by atoms with Gasteiger partial charge in [-0.2, -0.15) is 0 Å². The van der Waals surface area contributed by atoms with E-state index in [0.29, 0.717) is 0 Å². The van der Waals surface area contributed by atoms with Gasteiger partial charge in [-0.25, -0.2) is 0 Å². The summed E-state index contributed by atoms with van der Waals surface area (Å²) >= 11 is 0. The molecule has 0 aliphatic rings. The van der Waals surface area contributed by atoms with Crippen molar-refractivity contribution in [3.8, 4) is 0 Å². The minimum atomic E-state index is 0. The predicted molar refractivity (Wildman–Crippen MR) is 19.2 cm³/mol. The molecule has 0 saturated carbocycles. The first kappa shape index (κ1) is 484. The maximum absolute atomic E-state index is 0. The fourth-order valence-corrected chi connectivity index (χ4v) is 0.